The summed E-state index contributed by atoms with van der Waals surface area (Å²) < 4.78 is 8.01. The number of benzene rings is 1. The van der Waals surface area contributed by atoms with Gasteiger partial charge in [0.25, 0.3) is 0 Å². The SMILES string of the molecule is CCNC(=NCc1nccn1CC(C)C)NCC(C)COCc1ccccc1.I. The van der Waals surface area contributed by atoms with Crippen LogP contribution in [0.5, 0.6) is 0 Å². The minimum Gasteiger partial charge on any atom is -0.376 e. The van der Waals surface area contributed by atoms with E-state index in [0.29, 0.717) is 31.6 Å². The number of guanidine groups is 1. The van der Waals surface area contributed by atoms with Gasteiger partial charge in [-0.3, -0.25) is 0 Å². The number of halogens is 1. The van der Waals surface area contributed by atoms with E-state index in [1.54, 1.807) is 0 Å². The normalized spacial score (nSPS) is 12.5. The number of rotatable bonds is 11. The molecule has 1 aromatic carbocycles. The van der Waals surface area contributed by atoms with Crippen molar-refractivity contribution in [2.45, 2.75) is 47.4 Å². The Morgan fingerprint density at radius 2 is 1.93 bits per heavy atom. The van der Waals surface area contributed by atoms with Crippen LogP contribution in [-0.2, 0) is 24.4 Å². The first-order valence-electron chi connectivity index (χ1n) is 10.2. The van der Waals surface area contributed by atoms with E-state index in [0.717, 1.165) is 31.4 Å². The van der Waals surface area contributed by atoms with Crippen LogP contribution in [0.4, 0.5) is 0 Å². The van der Waals surface area contributed by atoms with Gasteiger partial charge in [0.1, 0.15) is 12.4 Å². The third-order valence-corrected chi connectivity index (χ3v) is 4.22. The number of hydrogen-bond donors (Lipinski definition) is 2. The van der Waals surface area contributed by atoms with Crippen molar-refractivity contribution in [3.05, 3.63) is 54.1 Å². The second-order valence-electron chi connectivity index (χ2n) is 7.57. The van der Waals surface area contributed by atoms with Gasteiger partial charge in [-0.05, 0) is 24.3 Å². The van der Waals surface area contributed by atoms with Crippen molar-refractivity contribution < 1.29 is 4.74 Å². The van der Waals surface area contributed by atoms with E-state index in [9.17, 15) is 0 Å². The van der Waals surface area contributed by atoms with Gasteiger partial charge in [0.15, 0.2) is 5.96 Å². The lowest BCUT2D eigenvalue weighted by Gasteiger charge is -2.16. The molecule has 0 radical (unpaired) electrons. The standard InChI is InChI=1S/C22H35N5O.HI/c1-5-23-22(26-14-21-24-11-12-27(21)15-18(2)3)25-13-19(4)16-28-17-20-9-7-6-8-10-20;/h6-12,18-19H,5,13-17H2,1-4H3,(H2,23,25,26);1H. The average Bonchev–Trinajstić information content (AvgIpc) is 3.11. The molecule has 6 nitrogen and oxygen atoms in total. The number of aliphatic imine (C=N–C) groups is 1. The molecule has 1 atom stereocenters. The summed E-state index contributed by atoms with van der Waals surface area (Å²) in [5.74, 6) is 2.78. The third-order valence-electron chi connectivity index (χ3n) is 4.22. The summed E-state index contributed by atoms with van der Waals surface area (Å²) in [6, 6.07) is 10.3. The highest BCUT2D eigenvalue weighted by atomic mass is 127. The van der Waals surface area contributed by atoms with Gasteiger partial charge in [-0.1, -0.05) is 51.1 Å². The molecule has 1 heterocycles. The van der Waals surface area contributed by atoms with Crippen molar-refractivity contribution >= 4 is 29.9 Å². The number of hydrogen-bond acceptors (Lipinski definition) is 3. The van der Waals surface area contributed by atoms with Crippen LogP contribution in [0.2, 0.25) is 0 Å². The molecule has 7 heteroatoms. The molecule has 0 saturated heterocycles. The molecular formula is C22H36IN5O. The first-order chi connectivity index (χ1) is 13.6. The second kappa shape index (κ2) is 14.4. The van der Waals surface area contributed by atoms with Crippen molar-refractivity contribution in [1.82, 2.24) is 20.2 Å². The molecule has 1 unspecified atom stereocenters. The van der Waals surface area contributed by atoms with E-state index in [2.05, 4.69) is 60.0 Å². The lowest BCUT2D eigenvalue weighted by atomic mass is 10.2. The van der Waals surface area contributed by atoms with Crippen LogP contribution in [-0.4, -0.2) is 35.2 Å². The summed E-state index contributed by atoms with van der Waals surface area (Å²) in [6.07, 6.45) is 3.87. The van der Waals surface area contributed by atoms with Crippen LogP contribution >= 0.6 is 24.0 Å². The summed E-state index contributed by atoms with van der Waals surface area (Å²) in [5, 5.41) is 6.72. The molecule has 0 aliphatic carbocycles. The van der Waals surface area contributed by atoms with Gasteiger partial charge in [-0.15, -0.1) is 24.0 Å². The van der Waals surface area contributed by atoms with Gasteiger partial charge >= 0.3 is 0 Å². The quantitative estimate of drug-likeness (QED) is 0.270. The molecule has 162 valence electrons. The lowest BCUT2D eigenvalue weighted by molar-refractivity contribution is 0.0931. The smallest absolute Gasteiger partial charge is 0.191 e. The van der Waals surface area contributed by atoms with Crippen LogP contribution in [0.25, 0.3) is 0 Å². The summed E-state index contributed by atoms with van der Waals surface area (Å²) in [7, 11) is 0. The first kappa shape index (κ1) is 25.4. The number of imidazole rings is 1. The molecule has 2 N–H and O–H groups in total. The van der Waals surface area contributed by atoms with E-state index < -0.39 is 0 Å². The summed E-state index contributed by atoms with van der Waals surface area (Å²) in [4.78, 5) is 9.14. The zero-order valence-electron chi connectivity index (χ0n) is 18.1. The highest BCUT2D eigenvalue weighted by Crippen LogP contribution is 2.05. The maximum absolute atomic E-state index is 5.83. The first-order valence-corrected chi connectivity index (χ1v) is 10.2. The van der Waals surface area contributed by atoms with Gasteiger partial charge in [-0.2, -0.15) is 0 Å². The van der Waals surface area contributed by atoms with Crippen molar-refractivity contribution in [1.29, 1.82) is 0 Å². The largest absolute Gasteiger partial charge is 0.376 e. The Morgan fingerprint density at radius 3 is 2.62 bits per heavy atom. The molecule has 2 rings (SSSR count). The minimum atomic E-state index is 0. The van der Waals surface area contributed by atoms with Crippen LogP contribution in [0.1, 0.15) is 39.1 Å². The number of ether oxygens (including phenoxy) is 1. The Bertz CT molecular complexity index is 702. The zero-order chi connectivity index (χ0) is 20.2. The summed E-state index contributed by atoms with van der Waals surface area (Å²) >= 11 is 0. The number of aromatic nitrogens is 2. The van der Waals surface area contributed by atoms with Crippen molar-refractivity contribution in [3.63, 3.8) is 0 Å². The van der Waals surface area contributed by atoms with E-state index in [1.807, 2.05) is 30.6 Å². The third kappa shape index (κ3) is 10.1. The molecule has 0 aliphatic heterocycles. The summed E-state index contributed by atoms with van der Waals surface area (Å²) in [5.41, 5.74) is 1.20. The Labute approximate surface area is 192 Å². The number of nitrogens with one attached hydrogen (secondary N) is 2. The van der Waals surface area contributed by atoms with Gasteiger partial charge in [0.2, 0.25) is 0 Å². The molecule has 2 aromatic rings. The fraction of sp³-hybridized carbons (Fsp3) is 0.545. The van der Waals surface area contributed by atoms with Gasteiger partial charge in [0, 0.05) is 32.0 Å². The molecule has 0 spiro atoms. The monoisotopic (exact) mass is 513 g/mol. The number of nitrogens with zero attached hydrogens (tertiary/aromatic N) is 3. The second-order valence-corrected chi connectivity index (χ2v) is 7.57. The van der Waals surface area contributed by atoms with Gasteiger partial charge in [-0.25, -0.2) is 9.98 Å². The molecule has 0 aliphatic rings. The van der Waals surface area contributed by atoms with E-state index in [4.69, 9.17) is 9.73 Å². The zero-order valence-corrected chi connectivity index (χ0v) is 20.4. The Balaban J connectivity index is 0.00000420. The Morgan fingerprint density at radius 1 is 1.17 bits per heavy atom. The lowest BCUT2D eigenvalue weighted by Crippen LogP contribution is -2.40. The predicted octanol–water partition coefficient (Wildman–Crippen LogP) is 4.07. The average molecular weight is 513 g/mol. The highest BCUT2D eigenvalue weighted by Gasteiger charge is 2.07. The van der Waals surface area contributed by atoms with Crippen LogP contribution in [0, 0.1) is 11.8 Å². The Hall–Kier alpha value is -1.61. The molecule has 0 fully saturated rings. The highest BCUT2D eigenvalue weighted by molar-refractivity contribution is 14.0. The molecule has 29 heavy (non-hydrogen) atoms. The van der Waals surface area contributed by atoms with Gasteiger partial charge in [0.05, 0.1) is 13.2 Å². The molecule has 0 saturated carbocycles. The molecule has 0 bridgehead atoms. The predicted molar refractivity (Wildman–Crippen MR) is 131 cm³/mol. The van der Waals surface area contributed by atoms with Crippen LogP contribution in [0.15, 0.2) is 47.7 Å². The van der Waals surface area contributed by atoms with Crippen LogP contribution < -0.4 is 10.6 Å². The Kier molecular flexibility index (Phi) is 12.6. The summed E-state index contributed by atoms with van der Waals surface area (Å²) in [6.45, 7) is 13.2. The van der Waals surface area contributed by atoms with E-state index in [-0.39, 0.29) is 24.0 Å². The van der Waals surface area contributed by atoms with Crippen molar-refractivity contribution in [3.8, 4) is 0 Å². The van der Waals surface area contributed by atoms with Crippen molar-refractivity contribution in [2.75, 3.05) is 19.7 Å². The maximum Gasteiger partial charge on any atom is 0.191 e. The fourth-order valence-corrected chi connectivity index (χ4v) is 2.82. The van der Waals surface area contributed by atoms with Gasteiger partial charge < -0.3 is 19.9 Å². The van der Waals surface area contributed by atoms with E-state index >= 15 is 0 Å². The molecule has 1 aromatic heterocycles. The fourth-order valence-electron chi connectivity index (χ4n) is 2.82. The minimum absolute atomic E-state index is 0. The van der Waals surface area contributed by atoms with Crippen molar-refractivity contribution in [2.24, 2.45) is 16.8 Å². The molecule has 0 amide bonds. The molecular weight excluding hydrogens is 477 g/mol. The topological polar surface area (TPSA) is 63.5 Å². The maximum atomic E-state index is 5.83. The van der Waals surface area contributed by atoms with Crippen LogP contribution in [0.3, 0.4) is 0 Å². The van der Waals surface area contributed by atoms with E-state index in [1.165, 1.54) is 5.56 Å².